The minimum atomic E-state index is -0.530. The number of non-ortho nitro benzene ring substituents is 1. The number of anilines is 1. The van der Waals surface area contributed by atoms with Crippen LogP contribution in [0.4, 0.5) is 11.4 Å². The molecule has 1 fully saturated rings. The lowest BCUT2D eigenvalue weighted by Gasteiger charge is -2.26. The maximum atomic E-state index is 12.6. The van der Waals surface area contributed by atoms with Gasteiger partial charge in [0.25, 0.3) is 17.5 Å². The van der Waals surface area contributed by atoms with E-state index >= 15 is 0 Å². The van der Waals surface area contributed by atoms with Crippen molar-refractivity contribution < 1.29 is 19.2 Å². The number of rotatable bonds is 6. The van der Waals surface area contributed by atoms with Crippen LogP contribution in [0.2, 0.25) is 0 Å². The Hall–Kier alpha value is -3.42. The second kappa shape index (κ2) is 8.98. The molecule has 0 aliphatic carbocycles. The second-order valence-electron chi connectivity index (χ2n) is 6.52. The standard InChI is InChI=1S/C20H21N3O5/c24-19(14-28-18-9-5-8-17(13-18)23(26)27)21-16-7-4-6-15(12-16)20(25)22-10-2-1-3-11-22/h4-9,12-13H,1-3,10-11,14H2,(H,21,24). The van der Waals surface area contributed by atoms with Crippen LogP contribution in [-0.2, 0) is 4.79 Å². The van der Waals surface area contributed by atoms with Gasteiger partial charge in [0.2, 0.25) is 0 Å². The van der Waals surface area contributed by atoms with E-state index in [1.165, 1.54) is 24.3 Å². The van der Waals surface area contributed by atoms with Crippen molar-refractivity contribution in [3.05, 3.63) is 64.2 Å². The van der Waals surface area contributed by atoms with Crippen molar-refractivity contribution in [3.63, 3.8) is 0 Å². The van der Waals surface area contributed by atoms with Gasteiger partial charge < -0.3 is 15.0 Å². The Balaban J connectivity index is 1.57. The van der Waals surface area contributed by atoms with Crippen LogP contribution in [0.5, 0.6) is 5.75 Å². The summed E-state index contributed by atoms with van der Waals surface area (Å²) < 4.78 is 5.31. The monoisotopic (exact) mass is 383 g/mol. The number of benzene rings is 2. The highest BCUT2D eigenvalue weighted by Gasteiger charge is 2.18. The lowest BCUT2D eigenvalue weighted by Crippen LogP contribution is -2.35. The summed E-state index contributed by atoms with van der Waals surface area (Å²) >= 11 is 0. The summed E-state index contributed by atoms with van der Waals surface area (Å²) in [4.78, 5) is 36.8. The van der Waals surface area contributed by atoms with Gasteiger partial charge in [-0.3, -0.25) is 19.7 Å². The van der Waals surface area contributed by atoms with Crippen LogP contribution >= 0.6 is 0 Å². The van der Waals surface area contributed by atoms with E-state index in [4.69, 9.17) is 4.74 Å². The molecule has 8 nitrogen and oxygen atoms in total. The van der Waals surface area contributed by atoms with Crippen molar-refractivity contribution in [1.82, 2.24) is 4.90 Å². The molecule has 146 valence electrons. The van der Waals surface area contributed by atoms with Crippen molar-refractivity contribution >= 4 is 23.2 Å². The van der Waals surface area contributed by atoms with Crippen LogP contribution in [-0.4, -0.2) is 41.3 Å². The number of ether oxygens (including phenoxy) is 1. The highest BCUT2D eigenvalue weighted by Crippen LogP contribution is 2.19. The molecule has 0 spiro atoms. The molecule has 0 unspecified atom stereocenters. The number of piperidine rings is 1. The number of likely N-dealkylation sites (tertiary alicyclic amines) is 1. The quantitative estimate of drug-likeness (QED) is 0.609. The van der Waals surface area contributed by atoms with Gasteiger partial charge in [-0.05, 0) is 43.5 Å². The topological polar surface area (TPSA) is 102 Å². The first-order chi connectivity index (χ1) is 13.5. The van der Waals surface area contributed by atoms with Gasteiger partial charge in [-0.25, -0.2) is 0 Å². The van der Waals surface area contributed by atoms with Crippen LogP contribution in [0.1, 0.15) is 29.6 Å². The summed E-state index contributed by atoms with van der Waals surface area (Å²) in [6.07, 6.45) is 3.17. The fourth-order valence-electron chi connectivity index (χ4n) is 3.04. The van der Waals surface area contributed by atoms with E-state index in [1.807, 2.05) is 4.90 Å². The Kier molecular flexibility index (Phi) is 6.21. The molecule has 3 rings (SSSR count). The number of nitrogens with zero attached hydrogens (tertiary/aromatic N) is 2. The molecule has 28 heavy (non-hydrogen) atoms. The van der Waals surface area contributed by atoms with Gasteiger partial charge in [-0.2, -0.15) is 0 Å². The number of nitro groups is 1. The largest absolute Gasteiger partial charge is 0.484 e. The number of carbonyl (C=O) groups excluding carboxylic acids is 2. The number of carbonyl (C=O) groups is 2. The molecule has 0 bridgehead atoms. The maximum Gasteiger partial charge on any atom is 0.273 e. The van der Waals surface area contributed by atoms with Gasteiger partial charge in [0.15, 0.2) is 6.61 Å². The SMILES string of the molecule is O=C(COc1cccc([N+](=O)[O-])c1)Nc1cccc(C(=O)N2CCCCC2)c1. The highest BCUT2D eigenvalue weighted by molar-refractivity contribution is 5.97. The molecule has 2 aromatic rings. The predicted octanol–water partition coefficient (Wildman–Crippen LogP) is 3.24. The van der Waals surface area contributed by atoms with E-state index in [9.17, 15) is 19.7 Å². The molecular weight excluding hydrogens is 362 g/mol. The van der Waals surface area contributed by atoms with Crippen LogP contribution < -0.4 is 10.1 Å². The third-order valence-electron chi connectivity index (χ3n) is 4.43. The van der Waals surface area contributed by atoms with E-state index in [0.717, 1.165) is 32.4 Å². The second-order valence-corrected chi connectivity index (χ2v) is 6.52. The van der Waals surface area contributed by atoms with Gasteiger partial charge in [-0.15, -0.1) is 0 Å². The van der Waals surface area contributed by atoms with E-state index in [1.54, 1.807) is 24.3 Å². The minimum absolute atomic E-state index is 0.0383. The highest BCUT2D eigenvalue weighted by atomic mass is 16.6. The fourth-order valence-corrected chi connectivity index (χ4v) is 3.04. The van der Waals surface area contributed by atoms with Crippen molar-refractivity contribution in [2.75, 3.05) is 25.0 Å². The predicted molar refractivity (Wildman–Crippen MR) is 103 cm³/mol. The molecule has 0 atom stereocenters. The van der Waals surface area contributed by atoms with Crippen molar-refractivity contribution in [3.8, 4) is 5.75 Å². The Labute approximate surface area is 162 Å². The van der Waals surface area contributed by atoms with Crippen LogP contribution in [0.25, 0.3) is 0 Å². The van der Waals surface area contributed by atoms with E-state index in [2.05, 4.69) is 5.32 Å². The maximum absolute atomic E-state index is 12.6. The summed E-state index contributed by atoms with van der Waals surface area (Å²) in [5, 5.41) is 13.5. The molecule has 2 aromatic carbocycles. The molecule has 0 saturated carbocycles. The van der Waals surface area contributed by atoms with E-state index < -0.39 is 10.8 Å². The molecule has 0 radical (unpaired) electrons. The molecule has 0 aromatic heterocycles. The Morgan fingerprint density at radius 2 is 1.82 bits per heavy atom. The van der Waals surface area contributed by atoms with Gasteiger partial charge in [0.05, 0.1) is 11.0 Å². The van der Waals surface area contributed by atoms with Crippen LogP contribution in [0.3, 0.4) is 0 Å². The zero-order valence-corrected chi connectivity index (χ0v) is 15.3. The molecule has 1 aliphatic rings. The number of hydrogen-bond donors (Lipinski definition) is 1. The average Bonchev–Trinajstić information content (AvgIpc) is 2.73. The molecule has 2 amide bonds. The third-order valence-corrected chi connectivity index (χ3v) is 4.43. The van der Waals surface area contributed by atoms with Crippen molar-refractivity contribution in [2.24, 2.45) is 0 Å². The zero-order chi connectivity index (χ0) is 19.9. The number of hydrogen-bond acceptors (Lipinski definition) is 5. The molecule has 1 heterocycles. The van der Waals surface area contributed by atoms with Crippen molar-refractivity contribution in [2.45, 2.75) is 19.3 Å². The summed E-state index contributed by atoms with van der Waals surface area (Å²) in [7, 11) is 0. The van der Waals surface area contributed by atoms with Gasteiger partial charge >= 0.3 is 0 Å². The fraction of sp³-hybridized carbons (Fsp3) is 0.300. The lowest BCUT2D eigenvalue weighted by molar-refractivity contribution is -0.384. The average molecular weight is 383 g/mol. The lowest BCUT2D eigenvalue weighted by atomic mass is 10.1. The Morgan fingerprint density at radius 1 is 1.07 bits per heavy atom. The van der Waals surface area contributed by atoms with Gasteiger partial charge in [0.1, 0.15) is 5.75 Å². The first kappa shape index (κ1) is 19.3. The third kappa shape index (κ3) is 5.06. The van der Waals surface area contributed by atoms with Crippen LogP contribution in [0.15, 0.2) is 48.5 Å². The number of nitro benzene ring substituents is 1. The Bertz CT molecular complexity index is 878. The van der Waals surface area contributed by atoms with Gasteiger partial charge in [-0.1, -0.05) is 12.1 Å². The zero-order valence-electron chi connectivity index (χ0n) is 15.3. The Morgan fingerprint density at radius 3 is 2.57 bits per heavy atom. The van der Waals surface area contributed by atoms with E-state index in [-0.39, 0.29) is 24.0 Å². The molecular formula is C20H21N3O5. The number of nitrogens with one attached hydrogen (secondary N) is 1. The van der Waals surface area contributed by atoms with E-state index in [0.29, 0.717) is 11.3 Å². The summed E-state index contributed by atoms with van der Waals surface area (Å²) in [6.45, 7) is 1.21. The first-order valence-corrected chi connectivity index (χ1v) is 9.09. The van der Waals surface area contributed by atoms with Gasteiger partial charge in [0, 0.05) is 30.4 Å². The number of amides is 2. The minimum Gasteiger partial charge on any atom is -0.484 e. The summed E-state index contributed by atoms with van der Waals surface area (Å²) in [5.41, 5.74) is 0.914. The van der Waals surface area contributed by atoms with Crippen molar-refractivity contribution in [1.29, 1.82) is 0 Å². The van der Waals surface area contributed by atoms with Crippen LogP contribution in [0, 0.1) is 10.1 Å². The molecule has 1 aliphatic heterocycles. The smallest absolute Gasteiger partial charge is 0.273 e. The normalized spacial score (nSPS) is 13.6. The molecule has 8 heteroatoms. The molecule has 1 N–H and O–H groups in total. The summed E-state index contributed by atoms with van der Waals surface area (Å²) in [5.74, 6) is -0.226. The first-order valence-electron chi connectivity index (χ1n) is 9.09. The molecule has 1 saturated heterocycles. The summed E-state index contributed by atoms with van der Waals surface area (Å²) in [6, 6.07) is 12.4.